The SMILES string of the molecule is CCOC(=O)[C@@H]1Cc2c(O[C@@H]3O[C@H](CO)[C@@H](O)[C@H](O)[C@H]3O)c(OC3CCCCC3)c3occ4c3c2[C@@H](C1)C[C@H]1C(=O)NC[C@H]41. The number of aliphatic hydroxyl groups excluding tert-OH is 4. The molecule has 1 aromatic heterocycles. The van der Waals surface area contributed by atoms with Crippen molar-refractivity contribution in [3.8, 4) is 11.5 Å². The summed E-state index contributed by atoms with van der Waals surface area (Å²) in [5.41, 5.74) is 3.02. The minimum absolute atomic E-state index is 0.0200. The summed E-state index contributed by atoms with van der Waals surface area (Å²) in [5.74, 6) is -0.887. The first-order valence-corrected chi connectivity index (χ1v) is 16.0. The van der Waals surface area contributed by atoms with Crippen LogP contribution in [-0.4, -0.2) is 88.9 Å². The zero-order valence-electron chi connectivity index (χ0n) is 24.8. The fourth-order valence-corrected chi connectivity index (χ4v) is 8.13. The molecule has 240 valence electrons. The number of fused-ring (bicyclic) bond motifs is 2. The number of benzene rings is 1. The third-order valence-electron chi connectivity index (χ3n) is 10.3. The Morgan fingerprint density at radius 3 is 2.57 bits per heavy atom. The van der Waals surface area contributed by atoms with Crippen molar-refractivity contribution in [2.45, 2.75) is 107 Å². The molecule has 7 rings (SSSR count). The number of amides is 1. The summed E-state index contributed by atoms with van der Waals surface area (Å²) in [6, 6.07) is 0. The summed E-state index contributed by atoms with van der Waals surface area (Å²) in [6.07, 6.45) is 0.212. The molecule has 9 atom stereocenters. The van der Waals surface area contributed by atoms with Crippen molar-refractivity contribution in [2.75, 3.05) is 19.8 Å². The molecule has 2 saturated heterocycles. The van der Waals surface area contributed by atoms with Gasteiger partial charge in [0.2, 0.25) is 17.9 Å². The average Bonchev–Trinajstić information content (AvgIpc) is 3.58. The maximum absolute atomic E-state index is 13.2. The van der Waals surface area contributed by atoms with Crippen LogP contribution in [0.4, 0.5) is 0 Å². The minimum atomic E-state index is -1.65. The molecule has 1 saturated carbocycles. The summed E-state index contributed by atoms with van der Waals surface area (Å²) >= 11 is 0. The molecular weight excluding hydrogens is 574 g/mol. The van der Waals surface area contributed by atoms with Gasteiger partial charge in [-0.2, -0.15) is 0 Å². The van der Waals surface area contributed by atoms with Gasteiger partial charge in [-0.05, 0) is 63.4 Å². The molecule has 3 aliphatic carbocycles. The predicted octanol–water partition coefficient (Wildman–Crippen LogP) is 1.77. The topological polar surface area (TPSA) is 177 Å². The van der Waals surface area contributed by atoms with Gasteiger partial charge in [-0.15, -0.1) is 0 Å². The van der Waals surface area contributed by atoms with E-state index in [2.05, 4.69) is 5.32 Å². The number of aliphatic hydroxyl groups is 4. The van der Waals surface area contributed by atoms with Gasteiger partial charge in [-0.25, -0.2) is 0 Å². The van der Waals surface area contributed by atoms with Gasteiger partial charge in [0.25, 0.3) is 0 Å². The Morgan fingerprint density at radius 1 is 1.02 bits per heavy atom. The van der Waals surface area contributed by atoms with Gasteiger partial charge in [0.05, 0.1) is 31.5 Å². The highest BCUT2D eigenvalue weighted by Crippen LogP contribution is 2.57. The number of nitrogens with one attached hydrogen (secondary N) is 1. The second-order valence-corrected chi connectivity index (χ2v) is 12.9. The number of esters is 1. The van der Waals surface area contributed by atoms with Crippen molar-refractivity contribution in [1.29, 1.82) is 0 Å². The molecular formula is C32H41NO11. The third-order valence-corrected chi connectivity index (χ3v) is 10.3. The van der Waals surface area contributed by atoms with Crippen molar-refractivity contribution < 1.29 is 53.4 Å². The first-order valence-electron chi connectivity index (χ1n) is 16.0. The number of ether oxygens (including phenoxy) is 4. The molecule has 0 spiro atoms. The van der Waals surface area contributed by atoms with E-state index in [4.69, 9.17) is 23.4 Å². The maximum Gasteiger partial charge on any atom is 0.309 e. The summed E-state index contributed by atoms with van der Waals surface area (Å²) in [7, 11) is 0. The van der Waals surface area contributed by atoms with Crippen LogP contribution in [0.15, 0.2) is 10.7 Å². The first-order chi connectivity index (χ1) is 21.3. The van der Waals surface area contributed by atoms with E-state index in [0.717, 1.165) is 48.6 Å². The van der Waals surface area contributed by atoms with Crippen LogP contribution in [0, 0.1) is 11.8 Å². The van der Waals surface area contributed by atoms with E-state index in [0.29, 0.717) is 36.3 Å². The van der Waals surface area contributed by atoms with Gasteiger partial charge in [0, 0.05) is 34.9 Å². The number of furan rings is 1. The Labute approximate surface area is 254 Å². The van der Waals surface area contributed by atoms with Gasteiger partial charge in [0.1, 0.15) is 24.4 Å². The predicted molar refractivity (Wildman–Crippen MR) is 153 cm³/mol. The van der Waals surface area contributed by atoms with Gasteiger partial charge in [-0.3, -0.25) is 9.59 Å². The van der Waals surface area contributed by atoms with Crippen LogP contribution >= 0.6 is 0 Å². The number of hydrogen-bond acceptors (Lipinski definition) is 11. The molecule has 12 heteroatoms. The fraction of sp³-hybridized carbons (Fsp3) is 0.688. The molecule has 2 aliphatic heterocycles. The maximum atomic E-state index is 13.2. The molecule has 5 N–H and O–H groups in total. The van der Waals surface area contributed by atoms with Crippen LogP contribution in [0.1, 0.15) is 80.4 Å². The summed E-state index contributed by atoms with van der Waals surface area (Å²) in [5, 5.41) is 45.6. The lowest BCUT2D eigenvalue weighted by atomic mass is 9.72. The zero-order chi connectivity index (χ0) is 30.7. The molecule has 0 bridgehead atoms. The molecule has 1 aromatic carbocycles. The van der Waals surface area contributed by atoms with E-state index in [-0.39, 0.29) is 54.5 Å². The van der Waals surface area contributed by atoms with E-state index in [1.807, 2.05) is 0 Å². The monoisotopic (exact) mass is 615 g/mol. The highest BCUT2D eigenvalue weighted by atomic mass is 16.7. The first kappa shape index (κ1) is 29.8. The van der Waals surface area contributed by atoms with E-state index >= 15 is 0 Å². The van der Waals surface area contributed by atoms with Crippen LogP contribution in [0.5, 0.6) is 11.5 Å². The molecule has 0 unspecified atom stereocenters. The van der Waals surface area contributed by atoms with Crippen molar-refractivity contribution in [1.82, 2.24) is 5.32 Å². The smallest absolute Gasteiger partial charge is 0.309 e. The Kier molecular flexibility index (Phi) is 7.98. The number of carbonyl (C=O) groups excluding carboxylic acids is 2. The molecule has 2 aromatic rings. The van der Waals surface area contributed by atoms with Crippen molar-refractivity contribution in [3.63, 3.8) is 0 Å². The third kappa shape index (κ3) is 4.86. The highest BCUT2D eigenvalue weighted by Gasteiger charge is 2.49. The second kappa shape index (κ2) is 11.8. The lowest BCUT2D eigenvalue weighted by Gasteiger charge is -2.41. The summed E-state index contributed by atoms with van der Waals surface area (Å²) in [6.45, 7) is 1.88. The number of rotatable bonds is 7. The Bertz CT molecular complexity index is 1410. The normalized spacial score (nSPS) is 35.1. The van der Waals surface area contributed by atoms with Crippen molar-refractivity contribution >= 4 is 22.8 Å². The molecule has 1 amide bonds. The fourth-order valence-electron chi connectivity index (χ4n) is 8.13. The standard InChI is InChI=1S/C32H41NO11/c1-2-40-31(39)15-8-14-9-17-19(11-33-30(17)38)20-13-41-28-23(20)22(14)18(10-15)27(29(28)42-16-6-4-3-5-7-16)44-32-26(37)25(36)24(35)21(12-34)43-32/h13-17,19,21,24-26,32,34-37H,2-12H2,1H3,(H,33,38)/t14-,15-,17+,19-,21+,24+,25-,26+,32-/m0/s1. The quantitative estimate of drug-likeness (QED) is 0.287. The van der Waals surface area contributed by atoms with Crippen LogP contribution < -0.4 is 14.8 Å². The molecule has 44 heavy (non-hydrogen) atoms. The van der Waals surface area contributed by atoms with Gasteiger partial charge in [-0.1, -0.05) is 6.42 Å². The number of carbonyl (C=O) groups is 2. The lowest BCUT2D eigenvalue weighted by molar-refractivity contribution is -0.277. The number of hydrogen-bond donors (Lipinski definition) is 5. The minimum Gasteiger partial charge on any atom is -0.483 e. The Balaban J connectivity index is 1.42. The highest BCUT2D eigenvalue weighted by molar-refractivity contribution is 5.97. The molecule has 3 heterocycles. The van der Waals surface area contributed by atoms with Gasteiger partial charge >= 0.3 is 5.97 Å². The van der Waals surface area contributed by atoms with Crippen molar-refractivity contribution in [3.05, 3.63) is 23.0 Å². The van der Waals surface area contributed by atoms with Crippen LogP contribution in [0.3, 0.4) is 0 Å². The van der Waals surface area contributed by atoms with E-state index in [1.165, 1.54) is 0 Å². The second-order valence-electron chi connectivity index (χ2n) is 12.9. The lowest BCUT2D eigenvalue weighted by Crippen LogP contribution is -2.60. The molecule has 12 nitrogen and oxygen atoms in total. The van der Waals surface area contributed by atoms with Crippen molar-refractivity contribution in [2.24, 2.45) is 11.8 Å². The Morgan fingerprint density at radius 2 is 1.82 bits per heavy atom. The molecule has 5 aliphatic rings. The van der Waals surface area contributed by atoms with E-state index in [1.54, 1.807) is 13.2 Å². The zero-order valence-corrected chi connectivity index (χ0v) is 24.8. The summed E-state index contributed by atoms with van der Waals surface area (Å²) in [4.78, 5) is 26.3. The van der Waals surface area contributed by atoms with Crippen LogP contribution in [0.25, 0.3) is 11.0 Å². The molecule has 3 fully saturated rings. The Hall–Kier alpha value is -2.90. The van der Waals surface area contributed by atoms with E-state index < -0.39 is 43.2 Å². The van der Waals surface area contributed by atoms with E-state index in [9.17, 15) is 30.0 Å². The largest absolute Gasteiger partial charge is 0.483 e. The van der Waals surface area contributed by atoms with Crippen LogP contribution in [0.2, 0.25) is 0 Å². The average molecular weight is 616 g/mol. The van der Waals surface area contributed by atoms with Gasteiger partial charge in [0.15, 0.2) is 11.3 Å². The molecule has 0 radical (unpaired) electrons. The van der Waals surface area contributed by atoms with Gasteiger partial charge < -0.3 is 49.1 Å². The summed E-state index contributed by atoms with van der Waals surface area (Å²) < 4.78 is 30.7. The van der Waals surface area contributed by atoms with Crippen LogP contribution in [-0.2, 0) is 25.5 Å².